The minimum atomic E-state index is -0.266. The van der Waals surface area contributed by atoms with Crippen LogP contribution in [0.3, 0.4) is 0 Å². The van der Waals surface area contributed by atoms with Crippen LogP contribution in [-0.2, 0) is 22.6 Å². The zero-order valence-electron chi connectivity index (χ0n) is 14.1. The number of carbonyl (C=O) groups excluding carboxylic acids is 1. The molecular formula is C19H23FN2O2S. The van der Waals surface area contributed by atoms with Crippen molar-refractivity contribution in [2.24, 2.45) is 0 Å². The van der Waals surface area contributed by atoms with Gasteiger partial charge >= 0.3 is 0 Å². The van der Waals surface area contributed by atoms with Gasteiger partial charge in [0, 0.05) is 24.6 Å². The number of benzene rings is 1. The zero-order valence-corrected chi connectivity index (χ0v) is 14.9. The van der Waals surface area contributed by atoms with E-state index >= 15 is 0 Å². The van der Waals surface area contributed by atoms with Crippen LogP contribution in [0.25, 0.3) is 0 Å². The number of thiophene rings is 1. The fourth-order valence-corrected chi connectivity index (χ4v) is 3.61. The van der Waals surface area contributed by atoms with Crippen LogP contribution in [-0.4, -0.2) is 36.6 Å². The molecule has 0 spiro atoms. The van der Waals surface area contributed by atoms with Crippen LogP contribution in [0.15, 0.2) is 41.8 Å². The Kier molecular flexibility index (Phi) is 6.55. The maximum atomic E-state index is 13.1. The summed E-state index contributed by atoms with van der Waals surface area (Å²) >= 11 is 1.63. The topological polar surface area (TPSA) is 41.6 Å². The molecule has 2 heterocycles. The van der Waals surface area contributed by atoms with Crippen molar-refractivity contribution < 1.29 is 13.9 Å². The Bertz CT molecular complexity index is 655. The number of nitrogens with one attached hydrogen (secondary N) is 1. The summed E-state index contributed by atoms with van der Waals surface area (Å²) < 4.78 is 18.7. The van der Waals surface area contributed by atoms with Crippen LogP contribution in [0, 0.1) is 5.82 Å². The Balaban J connectivity index is 1.58. The molecule has 1 saturated heterocycles. The molecule has 134 valence electrons. The van der Waals surface area contributed by atoms with E-state index in [-0.39, 0.29) is 24.4 Å². The standard InChI is InChI=1S/C19H23FN2O2S/c20-16-7-5-15(6-8-16)13-22(14-18-4-2-10-25-18)19(23)12-21-11-17-3-1-9-24-17/h2,4-8,10,17,21H,1,3,9,11-14H2/t17-/m0/s1. The second-order valence-electron chi connectivity index (χ2n) is 6.22. The van der Waals surface area contributed by atoms with Gasteiger partial charge < -0.3 is 15.0 Å². The van der Waals surface area contributed by atoms with Crippen LogP contribution in [0.4, 0.5) is 4.39 Å². The van der Waals surface area contributed by atoms with E-state index in [9.17, 15) is 9.18 Å². The van der Waals surface area contributed by atoms with Gasteiger partial charge in [0.2, 0.25) is 5.91 Å². The summed E-state index contributed by atoms with van der Waals surface area (Å²) in [6.07, 6.45) is 2.36. The molecule has 0 bridgehead atoms. The Labute approximate surface area is 151 Å². The second kappa shape index (κ2) is 9.08. The van der Waals surface area contributed by atoms with E-state index in [1.807, 2.05) is 22.4 Å². The van der Waals surface area contributed by atoms with Crippen LogP contribution in [0.1, 0.15) is 23.3 Å². The third kappa shape index (κ3) is 5.63. The van der Waals surface area contributed by atoms with Crippen molar-refractivity contribution in [1.29, 1.82) is 0 Å². The number of carbonyl (C=O) groups is 1. The van der Waals surface area contributed by atoms with Gasteiger partial charge in [0.25, 0.3) is 0 Å². The van der Waals surface area contributed by atoms with Crippen LogP contribution in [0.2, 0.25) is 0 Å². The average Bonchev–Trinajstić information content (AvgIpc) is 3.30. The Hall–Kier alpha value is -1.76. The largest absolute Gasteiger partial charge is 0.377 e. The van der Waals surface area contributed by atoms with Crippen molar-refractivity contribution in [3.8, 4) is 0 Å². The lowest BCUT2D eigenvalue weighted by molar-refractivity contribution is -0.131. The molecule has 2 aromatic rings. The van der Waals surface area contributed by atoms with Crippen LogP contribution >= 0.6 is 11.3 Å². The van der Waals surface area contributed by atoms with Crippen molar-refractivity contribution in [3.63, 3.8) is 0 Å². The Morgan fingerprint density at radius 1 is 1.28 bits per heavy atom. The Morgan fingerprint density at radius 3 is 2.80 bits per heavy atom. The first-order chi connectivity index (χ1) is 12.2. The fourth-order valence-electron chi connectivity index (χ4n) is 2.89. The first-order valence-corrected chi connectivity index (χ1v) is 9.45. The number of hydrogen-bond acceptors (Lipinski definition) is 4. The van der Waals surface area contributed by atoms with Crippen LogP contribution < -0.4 is 5.32 Å². The summed E-state index contributed by atoms with van der Waals surface area (Å²) in [5.74, 6) is -0.228. The number of nitrogens with zero attached hydrogens (tertiary/aromatic N) is 1. The number of amides is 1. The molecule has 0 saturated carbocycles. The molecule has 4 nitrogen and oxygen atoms in total. The first kappa shape index (κ1) is 18.0. The SMILES string of the molecule is O=C(CNC[C@@H]1CCCO1)N(Cc1ccc(F)cc1)Cc1cccs1. The molecule has 1 aliphatic rings. The lowest BCUT2D eigenvalue weighted by Gasteiger charge is -2.23. The van der Waals surface area contributed by atoms with Gasteiger partial charge in [0.15, 0.2) is 0 Å². The lowest BCUT2D eigenvalue weighted by atomic mass is 10.2. The van der Waals surface area contributed by atoms with E-state index in [0.29, 0.717) is 19.6 Å². The molecule has 1 aliphatic heterocycles. The molecule has 1 N–H and O–H groups in total. The number of halogens is 1. The second-order valence-corrected chi connectivity index (χ2v) is 7.25. The fraction of sp³-hybridized carbons (Fsp3) is 0.421. The maximum Gasteiger partial charge on any atom is 0.237 e. The molecule has 0 unspecified atom stereocenters. The third-order valence-electron chi connectivity index (χ3n) is 4.24. The molecule has 6 heteroatoms. The van der Waals surface area contributed by atoms with Gasteiger partial charge in [-0.3, -0.25) is 4.79 Å². The highest BCUT2D eigenvalue weighted by Crippen LogP contribution is 2.15. The summed E-state index contributed by atoms with van der Waals surface area (Å²) in [5.41, 5.74) is 0.922. The van der Waals surface area contributed by atoms with Gasteiger partial charge in [0.1, 0.15) is 5.82 Å². The highest BCUT2D eigenvalue weighted by Gasteiger charge is 2.18. The predicted molar refractivity (Wildman–Crippen MR) is 96.8 cm³/mol. The zero-order chi connectivity index (χ0) is 17.5. The highest BCUT2D eigenvalue weighted by atomic mass is 32.1. The molecule has 1 fully saturated rings. The molecule has 0 radical (unpaired) electrons. The van der Waals surface area contributed by atoms with Crippen molar-refractivity contribution in [3.05, 3.63) is 58.0 Å². The van der Waals surface area contributed by atoms with E-state index < -0.39 is 0 Å². The van der Waals surface area contributed by atoms with E-state index in [4.69, 9.17) is 4.74 Å². The summed E-state index contributed by atoms with van der Waals surface area (Å²) in [6, 6.07) is 10.3. The van der Waals surface area contributed by atoms with Gasteiger partial charge in [-0.15, -0.1) is 11.3 Å². The normalized spacial score (nSPS) is 16.9. The number of rotatable bonds is 8. The molecule has 0 aliphatic carbocycles. The van der Waals surface area contributed by atoms with Crippen LogP contribution in [0.5, 0.6) is 0 Å². The van der Waals surface area contributed by atoms with Gasteiger partial charge in [-0.2, -0.15) is 0 Å². The average molecular weight is 362 g/mol. The quantitative estimate of drug-likeness (QED) is 0.784. The van der Waals surface area contributed by atoms with Gasteiger partial charge in [0.05, 0.1) is 19.2 Å². The summed E-state index contributed by atoms with van der Waals surface area (Å²) in [5, 5.41) is 5.21. The molecular weight excluding hydrogens is 339 g/mol. The molecule has 1 atom stereocenters. The molecule has 1 aromatic heterocycles. The van der Waals surface area contributed by atoms with Gasteiger partial charge in [-0.05, 0) is 42.0 Å². The predicted octanol–water partition coefficient (Wildman–Crippen LogP) is 3.18. The molecule has 1 amide bonds. The summed E-state index contributed by atoms with van der Waals surface area (Å²) in [4.78, 5) is 15.6. The minimum Gasteiger partial charge on any atom is -0.377 e. The molecule has 3 rings (SSSR count). The van der Waals surface area contributed by atoms with Crippen molar-refractivity contribution in [2.45, 2.75) is 32.0 Å². The minimum absolute atomic E-state index is 0.0377. The van der Waals surface area contributed by atoms with Gasteiger partial charge in [-0.1, -0.05) is 18.2 Å². The van der Waals surface area contributed by atoms with E-state index in [1.54, 1.807) is 23.5 Å². The number of hydrogen-bond donors (Lipinski definition) is 1. The summed E-state index contributed by atoms with van der Waals surface area (Å²) in [6.45, 7) is 2.84. The van der Waals surface area contributed by atoms with Crippen molar-refractivity contribution >= 4 is 17.2 Å². The van der Waals surface area contributed by atoms with Crippen molar-refractivity contribution in [1.82, 2.24) is 10.2 Å². The highest BCUT2D eigenvalue weighted by molar-refractivity contribution is 7.09. The maximum absolute atomic E-state index is 13.1. The van der Waals surface area contributed by atoms with E-state index in [0.717, 1.165) is 29.9 Å². The third-order valence-corrected chi connectivity index (χ3v) is 5.10. The van der Waals surface area contributed by atoms with Gasteiger partial charge in [-0.25, -0.2) is 4.39 Å². The first-order valence-electron chi connectivity index (χ1n) is 8.57. The Morgan fingerprint density at radius 2 is 2.12 bits per heavy atom. The monoisotopic (exact) mass is 362 g/mol. The molecule has 25 heavy (non-hydrogen) atoms. The van der Waals surface area contributed by atoms with Crippen molar-refractivity contribution in [2.75, 3.05) is 19.7 Å². The van der Waals surface area contributed by atoms with E-state index in [1.165, 1.54) is 12.1 Å². The summed E-state index contributed by atoms with van der Waals surface area (Å²) in [7, 11) is 0. The lowest BCUT2D eigenvalue weighted by Crippen LogP contribution is -2.39. The molecule has 1 aromatic carbocycles. The van der Waals surface area contributed by atoms with E-state index in [2.05, 4.69) is 5.32 Å². The smallest absolute Gasteiger partial charge is 0.237 e. The number of ether oxygens (including phenoxy) is 1.